The zero-order chi connectivity index (χ0) is 16.2. The number of nitrogens with two attached hydrogens (primary N) is 2. The molecule has 116 valence electrons. The molecule has 4 N–H and O–H groups in total. The van der Waals surface area contributed by atoms with Crippen LogP contribution in [-0.2, 0) is 0 Å². The van der Waals surface area contributed by atoms with E-state index in [0.717, 1.165) is 0 Å². The third-order valence-corrected chi connectivity index (χ3v) is 3.88. The van der Waals surface area contributed by atoms with Gasteiger partial charge >= 0.3 is 0 Å². The van der Waals surface area contributed by atoms with Crippen molar-refractivity contribution in [1.29, 1.82) is 0 Å². The number of hydrogen-bond donors (Lipinski definition) is 2. The van der Waals surface area contributed by atoms with Gasteiger partial charge in [0.05, 0.1) is 0 Å². The zero-order valence-corrected chi connectivity index (χ0v) is 13.8. The van der Waals surface area contributed by atoms with Crippen LogP contribution in [0.25, 0.3) is 0 Å². The third kappa shape index (κ3) is 3.76. The molecule has 0 saturated carbocycles. The Morgan fingerprint density at radius 2 is 1.09 bits per heavy atom. The second kappa shape index (κ2) is 6.62. The van der Waals surface area contributed by atoms with E-state index in [4.69, 9.17) is 20.9 Å². The lowest BCUT2D eigenvalue weighted by atomic mass is 10.3. The smallest absolute Gasteiger partial charge is 0.145 e. The van der Waals surface area contributed by atoms with E-state index in [0.29, 0.717) is 38.8 Å². The van der Waals surface area contributed by atoms with Gasteiger partial charge in [0.25, 0.3) is 0 Å². The number of rotatable bonds is 4. The molecular weight excluding hydrogens is 356 g/mol. The number of hydrogen-bond acceptors (Lipinski definition) is 4. The first-order valence-corrected chi connectivity index (χ1v) is 7.76. The Kier molecular flexibility index (Phi) is 4.39. The van der Waals surface area contributed by atoms with Crippen molar-refractivity contribution in [3.8, 4) is 23.0 Å². The van der Waals surface area contributed by atoms with Gasteiger partial charge in [-0.1, -0.05) is 18.2 Å². The van der Waals surface area contributed by atoms with Crippen LogP contribution in [0.3, 0.4) is 0 Å². The van der Waals surface area contributed by atoms with Crippen molar-refractivity contribution in [2.24, 2.45) is 0 Å². The fourth-order valence-corrected chi connectivity index (χ4v) is 2.48. The Bertz CT molecular complexity index is 771. The lowest BCUT2D eigenvalue weighted by molar-refractivity contribution is 0.455. The minimum absolute atomic E-state index is 0.636. The van der Waals surface area contributed by atoms with E-state index in [9.17, 15) is 0 Å². The quantitative estimate of drug-likeness (QED) is 0.619. The van der Waals surface area contributed by atoms with Gasteiger partial charge in [0.1, 0.15) is 27.5 Å². The van der Waals surface area contributed by atoms with Gasteiger partial charge in [-0.3, -0.25) is 0 Å². The molecule has 5 heteroatoms. The highest BCUT2D eigenvalue weighted by Gasteiger charge is 2.10. The molecule has 0 bridgehead atoms. The Morgan fingerprint density at radius 1 is 0.652 bits per heavy atom. The van der Waals surface area contributed by atoms with Gasteiger partial charge < -0.3 is 20.9 Å². The average Bonchev–Trinajstić information content (AvgIpc) is 2.51. The van der Waals surface area contributed by atoms with Gasteiger partial charge in [-0.25, -0.2) is 0 Å². The number of benzene rings is 3. The molecule has 3 aromatic carbocycles. The van der Waals surface area contributed by atoms with Crippen molar-refractivity contribution < 1.29 is 9.47 Å². The van der Waals surface area contributed by atoms with E-state index < -0.39 is 0 Å². The van der Waals surface area contributed by atoms with Gasteiger partial charge in [-0.2, -0.15) is 0 Å². The van der Waals surface area contributed by atoms with Crippen molar-refractivity contribution in [3.05, 3.63) is 71.2 Å². The van der Waals surface area contributed by atoms with Crippen LogP contribution < -0.4 is 20.9 Å². The molecule has 0 aliphatic carbocycles. The molecule has 0 aliphatic heterocycles. The Morgan fingerprint density at radius 3 is 1.52 bits per heavy atom. The standard InChI is InChI=1S/C18H15BrN2O2/c19-18-16(22-14-6-1-4-12(20)10-14)8-3-9-17(18)23-15-7-2-5-13(21)11-15/h1-11H,20-21H2. The summed E-state index contributed by atoms with van der Waals surface area (Å²) in [6, 6.07) is 20.0. The van der Waals surface area contributed by atoms with E-state index in [-0.39, 0.29) is 0 Å². The van der Waals surface area contributed by atoms with Crippen LogP contribution in [0.15, 0.2) is 71.2 Å². The molecule has 0 unspecified atom stereocenters. The molecular formula is C18H15BrN2O2. The first kappa shape index (κ1) is 15.2. The van der Waals surface area contributed by atoms with Crippen LogP contribution >= 0.6 is 15.9 Å². The predicted molar refractivity (Wildman–Crippen MR) is 96.0 cm³/mol. The van der Waals surface area contributed by atoms with Crippen LogP contribution in [0.2, 0.25) is 0 Å². The van der Waals surface area contributed by atoms with Crippen LogP contribution in [0.1, 0.15) is 0 Å². The Hall–Kier alpha value is -2.66. The van der Waals surface area contributed by atoms with Gasteiger partial charge in [-0.05, 0) is 52.3 Å². The highest BCUT2D eigenvalue weighted by atomic mass is 79.9. The van der Waals surface area contributed by atoms with Crippen LogP contribution in [0.5, 0.6) is 23.0 Å². The maximum atomic E-state index is 5.86. The van der Waals surface area contributed by atoms with Crippen LogP contribution in [-0.4, -0.2) is 0 Å². The molecule has 3 aromatic rings. The van der Waals surface area contributed by atoms with Crippen LogP contribution in [0, 0.1) is 0 Å². The predicted octanol–water partition coefficient (Wildman–Crippen LogP) is 5.20. The van der Waals surface area contributed by atoms with Crippen molar-refractivity contribution >= 4 is 27.3 Å². The minimum atomic E-state index is 0.636. The number of halogens is 1. The summed E-state index contributed by atoms with van der Waals surface area (Å²) in [7, 11) is 0. The highest BCUT2D eigenvalue weighted by Crippen LogP contribution is 2.39. The molecule has 0 spiro atoms. The lowest BCUT2D eigenvalue weighted by Gasteiger charge is -2.12. The molecule has 23 heavy (non-hydrogen) atoms. The molecule has 4 nitrogen and oxygen atoms in total. The summed E-state index contributed by atoms with van der Waals surface area (Å²) in [6.07, 6.45) is 0. The van der Waals surface area contributed by atoms with Gasteiger partial charge in [0, 0.05) is 23.5 Å². The Labute approximate surface area is 142 Å². The maximum Gasteiger partial charge on any atom is 0.145 e. The average molecular weight is 371 g/mol. The molecule has 0 saturated heterocycles. The highest BCUT2D eigenvalue weighted by molar-refractivity contribution is 9.10. The molecule has 0 radical (unpaired) electrons. The van der Waals surface area contributed by atoms with Crippen molar-refractivity contribution in [2.75, 3.05) is 11.5 Å². The second-order valence-electron chi connectivity index (χ2n) is 4.92. The molecule has 0 fully saturated rings. The molecule has 0 aliphatic rings. The van der Waals surface area contributed by atoms with E-state index in [1.165, 1.54) is 0 Å². The normalized spacial score (nSPS) is 10.3. The first-order chi connectivity index (χ1) is 11.1. The maximum absolute atomic E-state index is 5.86. The third-order valence-electron chi connectivity index (χ3n) is 3.10. The van der Waals surface area contributed by atoms with E-state index >= 15 is 0 Å². The summed E-state index contributed by atoms with van der Waals surface area (Å²) in [4.78, 5) is 0. The summed E-state index contributed by atoms with van der Waals surface area (Å²) < 4.78 is 12.4. The monoisotopic (exact) mass is 370 g/mol. The zero-order valence-electron chi connectivity index (χ0n) is 12.2. The summed E-state index contributed by atoms with van der Waals surface area (Å²) in [6.45, 7) is 0. The van der Waals surface area contributed by atoms with Crippen molar-refractivity contribution in [1.82, 2.24) is 0 Å². The van der Waals surface area contributed by atoms with Gasteiger partial charge in [0.15, 0.2) is 0 Å². The molecule has 3 rings (SSSR count). The summed E-state index contributed by atoms with van der Waals surface area (Å²) in [5.41, 5.74) is 12.8. The molecule has 0 aromatic heterocycles. The van der Waals surface area contributed by atoms with Gasteiger partial charge in [-0.15, -0.1) is 0 Å². The van der Waals surface area contributed by atoms with E-state index in [1.807, 2.05) is 42.5 Å². The summed E-state index contributed by atoms with van der Waals surface area (Å²) in [5, 5.41) is 0. The van der Waals surface area contributed by atoms with Crippen molar-refractivity contribution in [2.45, 2.75) is 0 Å². The van der Waals surface area contributed by atoms with Crippen molar-refractivity contribution in [3.63, 3.8) is 0 Å². The fourth-order valence-electron chi connectivity index (χ4n) is 2.06. The van der Waals surface area contributed by atoms with Gasteiger partial charge in [0.2, 0.25) is 0 Å². The number of ether oxygens (including phenoxy) is 2. The van der Waals surface area contributed by atoms with E-state index in [1.54, 1.807) is 24.3 Å². The fraction of sp³-hybridized carbons (Fsp3) is 0. The molecule has 0 atom stereocenters. The largest absolute Gasteiger partial charge is 0.456 e. The summed E-state index contributed by atoms with van der Waals surface area (Å²) in [5.74, 6) is 2.59. The second-order valence-corrected chi connectivity index (χ2v) is 5.71. The first-order valence-electron chi connectivity index (χ1n) is 6.97. The topological polar surface area (TPSA) is 70.5 Å². The SMILES string of the molecule is Nc1cccc(Oc2cccc(Oc3cccc(N)c3)c2Br)c1. The van der Waals surface area contributed by atoms with E-state index in [2.05, 4.69) is 15.9 Å². The Balaban J connectivity index is 1.86. The lowest BCUT2D eigenvalue weighted by Crippen LogP contribution is -1.91. The summed E-state index contributed by atoms with van der Waals surface area (Å²) >= 11 is 3.52. The molecule has 0 amide bonds. The number of nitrogen functional groups attached to an aromatic ring is 2. The minimum Gasteiger partial charge on any atom is -0.456 e. The molecule has 0 heterocycles. The number of anilines is 2. The van der Waals surface area contributed by atoms with Crippen LogP contribution in [0.4, 0.5) is 11.4 Å².